The second-order valence-electron chi connectivity index (χ2n) is 4.67. The molecule has 2 rings (SSSR count). The SMILES string of the molecule is CC(=O)c1ccc(OCC(=O)Nc2cc(F)c(I)c(F)c2)cc1. The number of carbonyl (C=O) groups is 2. The van der Waals surface area contributed by atoms with Gasteiger partial charge in [-0.05, 0) is 65.9 Å². The van der Waals surface area contributed by atoms with Crippen molar-refractivity contribution >= 4 is 40.0 Å². The van der Waals surface area contributed by atoms with Crippen LogP contribution < -0.4 is 10.1 Å². The molecule has 0 bridgehead atoms. The lowest BCUT2D eigenvalue weighted by Crippen LogP contribution is -2.20. The van der Waals surface area contributed by atoms with Gasteiger partial charge in [-0.2, -0.15) is 0 Å². The maximum absolute atomic E-state index is 13.4. The highest BCUT2D eigenvalue weighted by Gasteiger charge is 2.11. The molecule has 0 aromatic heterocycles. The summed E-state index contributed by atoms with van der Waals surface area (Å²) in [5, 5.41) is 2.35. The van der Waals surface area contributed by atoms with Gasteiger partial charge in [0.1, 0.15) is 17.4 Å². The topological polar surface area (TPSA) is 55.4 Å². The van der Waals surface area contributed by atoms with Crippen molar-refractivity contribution in [2.75, 3.05) is 11.9 Å². The quantitative estimate of drug-likeness (QED) is 0.446. The average molecular weight is 431 g/mol. The molecule has 0 fully saturated rings. The number of hydrogen-bond donors (Lipinski definition) is 1. The molecule has 23 heavy (non-hydrogen) atoms. The molecule has 0 saturated carbocycles. The van der Waals surface area contributed by atoms with Crippen LogP contribution >= 0.6 is 22.6 Å². The first kappa shape index (κ1) is 17.3. The molecule has 0 unspecified atom stereocenters. The summed E-state index contributed by atoms with van der Waals surface area (Å²) in [7, 11) is 0. The molecule has 2 aromatic carbocycles. The third-order valence-corrected chi connectivity index (χ3v) is 3.93. The van der Waals surface area contributed by atoms with Crippen molar-refractivity contribution in [2.45, 2.75) is 6.92 Å². The Hall–Kier alpha value is -2.03. The zero-order valence-electron chi connectivity index (χ0n) is 12.0. The Morgan fingerprint density at radius 1 is 1.13 bits per heavy atom. The molecule has 7 heteroatoms. The summed E-state index contributed by atoms with van der Waals surface area (Å²) < 4.78 is 31.9. The Morgan fingerprint density at radius 3 is 2.22 bits per heavy atom. The van der Waals surface area contributed by atoms with Gasteiger partial charge in [0.2, 0.25) is 0 Å². The van der Waals surface area contributed by atoms with Crippen molar-refractivity contribution in [3.63, 3.8) is 0 Å². The Morgan fingerprint density at radius 2 is 1.70 bits per heavy atom. The van der Waals surface area contributed by atoms with Gasteiger partial charge >= 0.3 is 0 Å². The Balaban J connectivity index is 1.93. The smallest absolute Gasteiger partial charge is 0.262 e. The molecular weight excluding hydrogens is 419 g/mol. The minimum atomic E-state index is -0.748. The molecule has 0 radical (unpaired) electrons. The van der Waals surface area contributed by atoms with Crippen LogP contribution in [0.25, 0.3) is 0 Å². The van der Waals surface area contributed by atoms with E-state index in [-0.39, 0.29) is 21.6 Å². The van der Waals surface area contributed by atoms with Crippen LogP contribution in [0.5, 0.6) is 5.75 Å². The second kappa shape index (κ2) is 7.49. The molecular formula is C16H12F2INO3. The van der Waals surface area contributed by atoms with Crippen molar-refractivity contribution in [3.8, 4) is 5.75 Å². The molecule has 0 saturated heterocycles. The van der Waals surface area contributed by atoms with E-state index in [2.05, 4.69) is 5.32 Å². The Labute approximate surface area is 145 Å². The van der Waals surface area contributed by atoms with Crippen molar-refractivity contribution < 1.29 is 23.1 Å². The summed E-state index contributed by atoms with van der Waals surface area (Å²) in [5.74, 6) is -1.72. The van der Waals surface area contributed by atoms with Gasteiger partial charge in [0.15, 0.2) is 12.4 Å². The molecule has 0 spiro atoms. The molecule has 2 aromatic rings. The number of nitrogens with one attached hydrogen (secondary N) is 1. The number of rotatable bonds is 5. The fourth-order valence-corrected chi connectivity index (χ4v) is 2.07. The number of carbonyl (C=O) groups excluding carboxylic acids is 2. The van der Waals surface area contributed by atoms with Gasteiger partial charge < -0.3 is 10.1 Å². The molecule has 0 atom stereocenters. The van der Waals surface area contributed by atoms with E-state index in [1.54, 1.807) is 24.3 Å². The minimum Gasteiger partial charge on any atom is -0.484 e. The molecule has 1 amide bonds. The zero-order chi connectivity index (χ0) is 17.0. The summed E-state index contributed by atoms with van der Waals surface area (Å²) in [6, 6.07) is 8.36. The highest BCUT2D eigenvalue weighted by Crippen LogP contribution is 2.20. The van der Waals surface area contributed by atoms with E-state index in [0.29, 0.717) is 11.3 Å². The summed E-state index contributed by atoms with van der Waals surface area (Å²) in [4.78, 5) is 22.9. The molecule has 0 heterocycles. The van der Waals surface area contributed by atoms with E-state index in [1.165, 1.54) is 29.5 Å². The first-order valence-corrected chi connectivity index (χ1v) is 7.63. The normalized spacial score (nSPS) is 10.3. The average Bonchev–Trinajstić information content (AvgIpc) is 2.51. The van der Waals surface area contributed by atoms with Crippen LogP contribution in [0.3, 0.4) is 0 Å². The third kappa shape index (κ3) is 4.72. The summed E-state index contributed by atoms with van der Waals surface area (Å²) in [6.07, 6.45) is 0. The number of benzene rings is 2. The fraction of sp³-hybridized carbons (Fsp3) is 0.125. The van der Waals surface area contributed by atoms with Crippen molar-refractivity contribution in [2.24, 2.45) is 0 Å². The van der Waals surface area contributed by atoms with Crippen molar-refractivity contribution in [1.29, 1.82) is 0 Å². The number of anilines is 1. The number of hydrogen-bond acceptors (Lipinski definition) is 3. The maximum atomic E-state index is 13.4. The lowest BCUT2D eigenvalue weighted by Gasteiger charge is -2.09. The van der Waals surface area contributed by atoms with Crippen LogP contribution in [0.1, 0.15) is 17.3 Å². The van der Waals surface area contributed by atoms with Crippen LogP contribution in [0.2, 0.25) is 0 Å². The molecule has 0 aliphatic rings. The monoisotopic (exact) mass is 431 g/mol. The van der Waals surface area contributed by atoms with Gasteiger partial charge in [-0.15, -0.1) is 0 Å². The van der Waals surface area contributed by atoms with Crippen LogP contribution in [-0.4, -0.2) is 18.3 Å². The Kier molecular flexibility index (Phi) is 5.64. The van der Waals surface area contributed by atoms with E-state index in [0.717, 1.165) is 12.1 Å². The third-order valence-electron chi connectivity index (χ3n) is 2.90. The van der Waals surface area contributed by atoms with E-state index in [4.69, 9.17) is 4.74 Å². The lowest BCUT2D eigenvalue weighted by molar-refractivity contribution is -0.118. The van der Waals surface area contributed by atoms with Gasteiger partial charge in [-0.1, -0.05) is 0 Å². The molecule has 120 valence electrons. The highest BCUT2D eigenvalue weighted by atomic mass is 127. The summed E-state index contributed by atoms with van der Waals surface area (Å²) in [5.41, 5.74) is 0.549. The number of ketones is 1. The van der Waals surface area contributed by atoms with Gasteiger partial charge in [-0.25, -0.2) is 8.78 Å². The van der Waals surface area contributed by atoms with Crippen LogP contribution in [0.15, 0.2) is 36.4 Å². The molecule has 1 N–H and O–H groups in total. The van der Waals surface area contributed by atoms with E-state index in [1.807, 2.05) is 0 Å². The molecule has 4 nitrogen and oxygen atoms in total. The number of ether oxygens (including phenoxy) is 1. The van der Waals surface area contributed by atoms with Gasteiger partial charge in [0, 0.05) is 11.3 Å². The molecule has 0 aliphatic carbocycles. The van der Waals surface area contributed by atoms with Crippen molar-refractivity contribution in [1.82, 2.24) is 0 Å². The second-order valence-corrected chi connectivity index (χ2v) is 5.75. The maximum Gasteiger partial charge on any atom is 0.262 e. The largest absolute Gasteiger partial charge is 0.484 e. The van der Waals surface area contributed by atoms with Crippen LogP contribution in [-0.2, 0) is 4.79 Å². The van der Waals surface area contributed by atoms with Crippen molar-refractivity contribution in [3.05, 3.63) is 57.2 Å². The standard InChI is InChI=1S/C16H12F2INO3/c1-9(21)10-2-4-12(5-3-10)23-8-15(22)20-11-6-13(17)16(19)14(18)7-11/h2-7H,8H2,1H3,(H,20,22). The molecule has 0 aliphatic heterocycles. The number of amides is 1. The minimum absolute atomic E-state index is 0.0148. The van der Waals surface area contributed by atoms with Crippen LogP contribution in [0.4, 0.5) is 14.5 Å². The number of halogens is 3. The first-order chi connectivity index (χ1) is 10.9. The zero-order valence-corrected chi connectivity index (χ0v) is 14.2. The number of Topliss-reactive ketones (excluding diaryl/α,β-unsaturated/α-hetero) is 1. The van der Waals surface area contributed by atoms with E-state index >= 15 is 0 Å². The van der Waals surface area contributed by atoms with Gasteiger partial charge in [0.25, 0.3) is 5.91 Å². The van der Waals surface area contributed by atoms with Crippen LogP contribution in [0, 0.1) is 15.2 Å². The predicted octanol–water partition coefficient (Wildman–Crippen LogP) is 3.79. The van der Waals surface area contributed by atoms with Gasteiger partial charge in [-0.3, -0.25) is 9.59 Å². The predicted molar refractivity (Wildman–Crippen MR) is 89.6 cm³/mol. The van der Waals surface area contributed by atoms with E-state index < -0.39 is 17.5 Å². The van der Waals surface area contributed by atoms with E-state index in [9.17, 15) is 18.4 Å². The summed E-state index contributed by atoms with van der Waals surface area (Å²) >= 11 is 1.54. The lowest BCUT2D eigenvalue weighted by atomic mass is 10.1. The van der Waals surface area contributed by atoms with Gasteiger partial charge in [0.05, 0.1) is 3.57 Å². The fourth-order valence-electron chi connectivity index (χ4n) is 1.76. The Bertz CT molecular complexity index is 724. The highest BCUT2D eigenvalue weighted by molar-refractivity contribution is 14.1. The first-order valence-electron chi connectivity index (χ1n) is 6.55. The summed E-state index contributed by atoms with van der Waals surface area (Å²) in [6.45, 7) is 1.12.